The lowest BCUT2D eigenvalue weighted by Crippen LogP contribution is -2.27. The van der Waals surface area contributed by atoms with Crippen molar-refractivity contribution >= 4 is 11.9 Å². The van der Waals surface area contributed by atoms with E-state index in [2.05, 4.69) is 15.6 Å². The van der Waals surface area contributed by atoms with Gasteiger partial charge in [-0.3, -0.25) is 5.32 Å². The Morgan fingerprint density at radius 3 is 2.70 bits per heavy atom. The van der Waals surface area contributed by atoms with Crippen molar-refractivity contribution in [1.29, 1.82) is 0 Å². The zero-order chi connectivity index (χ0) is 14.8. The topological polar surface area (TPSA) is 89.3 Å². The molecule has 0 atom stereocenters. The maximum atomic E-state index is 11.6. The molecule has 2 aromatic rings. The highest BCUT2D eigenvalue weighted by Gasteiger charge is 2.17. The Morgan fingerprint density at radius 2 is 2.05 bits per heavy atom. The van der Waals surface area contributed by atoms with Crippen molar-refractivity contribution in [2.45, 2.75) is 26.4 Å². The summed E-state index contributed by atoms with van der Waals surface area (Å²) >= 11 is 0. The lowest BCUT2D eigenvalue weighted by atomic mass is 10.2. The molecule has 0 saturated carbocycles. The summed E-state index contributed by atoms with van der Waals surface area (Å²) in [5, 5.41) is 19.8. The molecule has 0 spiro atoms. The van der Waals surface area contributed by atoms with Crippen LogP contribution >= 0.6 is 0 Å². The molecule has 0 aliphatic heterocycles. The SMILES string of the molecule is CC(C)(C)OC(=O)Nc1cn(-c2ccccc2O)nn1. The molecule has 7 nitrogen and oxygen atoms in total. The van der Waals surface area contributed by atoms with Gasteiger partial charge in [-0.15, -0.1) is 5.10 Å². The van der Waals surface area contributed by atoms with E-state index in [0.29, 0.717) is 5.69 Å². The van der Waals surface area contributed by atoms with Crippen molar-refractivity contribution in [1.82, 2.24) is 15.0 Å². The fraction of sp³-hybridized carbons (Fsp3) is 0.308. The Morgan fingerprint density at radius 1 is 1.35 bits per heavy atom. The number of rotatable bonds is 2. The van der Waals surface area contributed by atoms with E-state index in [4.69, 9.17) is 4.74 Å². The minimum absolute atomic E-state index is 0.0706. The second-order valence-corrected chi connectivity index (χ2v) is 5.16. The molecule has 1 heterocycles. The van der Waals surface area contributed by atoms with Crippen LogP contribution in [0.15, 0.2) is 30.5 Å². The number of hydrogen-bond acceptors (Lipinski definition) is 5. The van der Waals surface area contributed by atoms with Crippen LogP contribution in [-0.2, 0) is 4.74 Å². The van der Waals surface area contributed by atoms with Gasteiger partial charge in [-0.2, -0.15) is 0 Å². The van der Waals surface area contributed by atoms with E-state index in [-0.39, 0.29) is 11.6 Å². The number of anilines is 1. The smallest absolute Gasteiger partial charge is 0.413 e. The normalized spacial score (nSPS) is 11.2. The van der Waals surface area contributed by atoms with Crippen LogP contribution in [-0.4, -0.2) is 31.8 Å². The number of carbonyl (C=O) groups excluding carboxylic acids is 1. The molecule has 0 aliphatic rings. The number of aromatic nitrogens is 3. The highest BCUT2D eigenvalue weighted by atomic mass is 16.6. The summed E-state index contributed by atoms with van der Waals surface area (Å²) in [4.78, 5) is 11.6. The first-order chi connectivity index (χ1) is 9.35. The molecule has 0 aliphatic carbocycles. The van der Waals surface area contributed by atoms with Gasteiger partial charge in [0.1, 0.15) is 17.0 Å². The van der Waals surface area contributed by atoms with Gasteiger partial charge in [0.05, 0.1) is 6.20 Å². The van der Waals surface area contributed by atoms with Crippen LogP contribution in [0, 0.1) is 0 Å². The average Bonchev–Trinajstić information content (AvgIpc) is 2.75. The maximum absolute atomic E-state index is 11.6. The van der Waals surface area contributed by atoms with Crippen LogP contribution in [0.3, 0.4) is 0 Å². The van der Waals surface area contributed by atoms with Gasteiger partial charge >= 0.3 is 6.09 Å². The number of aromatic hydroxyl groups is 1. The van der Waals surface area contributed by atoms with E-state index in [1.165, 1.54) is 16.9 Å². The van der Waals surface area contributed by atoms with Gasteiger partial charge in [-0.05, 0) is 32.9 Å². The minimum atomic E-state index is -0.609. The van der Waals surface area contributed by atoms with E-state index < -0.39 is 11.7 Å². The highest BCUT2D eigenvalue weighted by molar-refractivity contribution is 5.83. The fourth-order valence-electron chi connectivity index (χ4n) is 1.50. The Balaban J connectivity index is 2.10. The van der Waals surface area contributed by atoms with Gasteiger partial charge in [0.25, 0.3) is 0 Å². The van der Waals surface area contributed by atoms with E-state index >= 15 is 0 Å². The molecule has 1 aromatic heterocycles. The number of phenolic OH excluding ortho intramolecular Hbond substituents is 1. The summed E-state index contributed by atoms with van der Waals surface area (Å²) in [5.74, 6) is 0.309. The van der Waals surface area contributed by atoms with Crippen molar-refractivity contribution in [3.8, 4) is 11.4 Å². The summed E-state index contributed by atoms with van der Waals surface area (Å²) in [6.07, 6.45) is 0.876. The van der Waals surface area contributed by atoms with Crippen LogP contribution in [0.4, 0.5) is 10.6 Å². The molecule has 0 bridgehead atoms. The quantitative estimate of drug-likeness (QED) is 0.878. The molecular weight excluding hydrogens is 260 g/mol. The highest BCUT2D eigenvalue weighted by Crippen LogP contribution is 2.20. The molecule has 1 aromatic carbocycles. The van der Waals surface area contributed by atoms with Crippen LogP contribution in [0.25, 0.3) is 5.69 Å². The van der Waals surface area contributed by atoms with E-state index in [9.17, 15) is 9.90 Å². The molecule has 7 heteroatoms. The number of hydrogen-bond donors (Lipinski definition) is 2. The number of carbonyl (C=O) groups is 1. The van der Waals surface area contributed by atoms with Gasteiger partial charge in [0, 0.05) is 0 Å². The van der Waals surface area contributed by atoms with E-state index in [1.54, 1.807) is 39.0 Å². The third-order valence-corrected chi connectivity index (χ3v) is 2.25. The zero-order valence-electron chi connectivity index (χ0n) is 11.5. The second-order valence-electron chi connectivity index (χ2n) is 5.16. The van der Waals surface area contributed by atoms with Crippen molar-refractivity contribution in [3.63, 3.8) is 0 Å². The Bertz CT molecular complexity index is 616. The number of nitrogens with one attached hydrogen (secondary N) is 1. The number of ether oxygens (including phenoxy) is 1. The Labute approximate surface area is 116 Å². The summed E-state index contributed by atoms with van der Waals surface area (Å²) in [6.45, 7) is 5.31. The number of phenols is 1. The van der Waals surface area contributed by atoms with Crippen molar-refractivity contribution in [2.75, 3.05) is 5.32 Å². The minimum Gasteiger partial charge on any atom is -0.506 e. The van der Waals surface area contributed by atoms with Crippen LogP contribution < -0.4 is 5.32 Å². The predicted octanol–water partition coefficient (Wildman–Crippen LogP) is 2.32. The molecule has 2 N–H and O–H groups in total. The first kappa shape index (κ1) is 13.9. The van der Waals surface area contributed by atoms with Crippen molar-refractivity contribution in [2.24, 2.45) is 0 Å². The van der Waals surface area contributed by atoms with Gasteiger partial charge in [-0.25, -0.2) is 9.48 Å². The van der Waals surface area contributed by atoms with Crippen LogP contribution in [0.5, 0.6) is 5.75 Å². The van der Waals surface area contributed by atoms with Gasteiger partial charge in [-0.1, -0.05) is 17.3 Å². The molecule has 1 amide bonds. The molecular formula is C13H16N4O3. The number of amides is 1. The number of para-hydroxylation sites is 2. The Kier molecular flexibility index (Phi) is 3.60. The third kappa shape index (κ3) is 3.47. The van der Waals surface area contributed by atoms with Crippen LogP contribution in [0.1, 0.15) is 20.8 Å². The standard InChI is InChI=1S/C13H16N4O3/c1-13(2,3)20-12(19)14-11-8-17(16-15-11)9-6-4-5-7-10(9)18/h4-8,18H,1-3H3,(H,14,19). The molecule has 0 saturated heterocycles. The van der Waals surface area contributed by atoms with Gasteiger partial charge in [0.15, 0.2) is 5.82 Å². The Hall–Kier alpha value is -2.57. The zero-order valence-corrected chi connectivity index (χ0v) is 11.5. The maximum Gasteiger partial charge on any atom is 0.413 e. The van der Waals surface area contributed by atoms with Crippen LogP contribution in [0.2, 0.25) is 0 Å². The van der Waals surface area contributed by atoms with E-state index in [1.807, 2.05) is 0 Å². The lowest BCUT2D eigenvalue weighted by molar-refractivity contribution is 0.0635. The molecule has 106 valence electrons. The first-order valence-corrected chi connectivity index (χ1v) is 6.06. The second kappa shape index (κ2) is 5.20. The molecule has 2 rings (SSSR count). The summed E-state index contributed by atoms with van der Waals surface area (Å²) in [6, 6.07) is 6.69. The van der Waals surface area contributed by atoms with Crippen molar-refractivity contribution < 1.29 is 14.6 Å². The fourth-order valence-corrected chi connectivity index (χ4v) is 1.50. The molecule has 0 unspecified atom stereocenters. The van der Waals surface area contributed by atoms with Gasteiger partial charge in [0.2, 0.25) is 0 Å². The number of benzene rings is 1. The molecule has 0 fully saturated rings. The monoisotopic (exact) mass is 276 g/mol. The van der Waals surface area contributed by atoms with Gasteiger partial charge < -0.3 is 9.84 Å². The summed E-state index contributed by atoms with van der Waals surface area (Å²) < 4.78 is 6.47. The average molecular weight is 276 g/mol. The summed E-state index contributed by atoms with van der Waals surface area (Å²) in [7, 11) is 0. The number of nitrogens with zero attached hydrogens (tertiary/aromatic N) is 3. The largest absolute Gasteiger partial charge is 0.506 e. The predicted molar refractivity (Wildman–Crippen MR) is 72.9 cm³/mol. The molecule has 20 heavy (non-hydrogen) atoms. The third-order valence-electron chi connectivity index (χ3n) is 2.25. The molecule has 0 radical (unpaired) electrons. The van der Waals surface area contributed by atoms with Crippen molar-refractivity contribution in [3.05, 3.63) is 30.5 Å². The van der Waals surface area contributed by atoms with E-state index in [0.717, 1.165) is 0 Å². The summed E-state index contributed by atoms with van der Waals surface area (Å²) in [5.41, 5.74) is -0.116. The lowest BCUT2D eigenvalue weighted by Gasteiger charge is -2.18. The first-order valence-electron chi connectivity index (χ1n) is 6.06.